The lowest BCUT2D eigenvalue weighted by Crippen LogP contribution is -2.36. The molecule has 4 rings (SSSR count). The highest BCUT2D eigenvalue weighted by Crippen LogP contribution is 2.45. The van der Waals surface area contributed by atoms with Crippen molar-refractivity contribution < 1.29 is 32.5 Å². The summed E-state index contributed by atoms with van der Waals surface area (Å²) in [5.41, 5.74) is 0.106. The Hall–Kier alpha value is -2.91. The van der Waals surface area contributed by atoms with Crippen LogP contribution in [0, 0.1) is 0 Å². The van der Waals surface area contributed by atoms with Crippen molar-refractivity contribution in [1.29, 1.82) is 0 Å². The number of halogens is 3. The smallest absolute Gasteiger partial charge is 0.410 e. The zero-order valence-electron chi connectivity index (χ0n) is 12.5. The lowest BCUT2D eigenvalue weighted by molar-refractivity contribution is -0.255. The second-order valence-corrected chi connectivity index (χ2v) is 5.74. The molecule has 0 spiro atoms. The van der Waals surface area contributed by atoms with Crippen molar-refractivity contribution in [1.82, 2.24) is 9.78 Å². The molecule has 1 aromatic carbocycles. The number of anilines is 1. The number of nitrogens with one attached hydrogen (secondary N) is 1. The summed E-state index contributed by atoms with van der Waals surface area (Å²) < 4.78 is 51.4. The largest absolute Gasteiger partial charge is 0.545 e. The van der Waals surface area contributed by atoms with E-state index >= 15 is 0 Å². The van der Waals surface area contributed by atoms with Gasteiger partial charge in [-0.1, -0.05) is 6.07 Å². The Labute approximate surface area is 139 Å². The van der Waals surface area contributed by atoms with Crippen LogP contribution in [-0.2, 0) is 0 Å². The number of carboxylic acids is 1. The maximum Gasteiger partial charge on any atom is 0.410 e. The van der Waals surface area contributed by atoms with Crippen molar-refractivity contribution in [3.05, 3.63) is 35.5 Å². The molecule has 0 amide bonds. The fourth-order valence-electron chi connectivity index (χ4n) is 3.06. The van der Waals surface area contributed by atoms with E-state index in [9.17, 15) is 23.1 Å². The second kappa shape index (κ2) is 5.30. The molecule has 7 nitrogen and oxygen atoms in total. The highest BCUT2D eigenvalue weighted by Gasteiger charge is 2.47. The molecule has 0 saturated carbocycles. The van der Waals surface area contributed by atoms with Crippen LogP contribution in [0.2, 0.25) is 0 Å². The van der Waals surface area contributed by atoms with Crippen molar-refractivity contribution in [3.8, 4) is 11.5 Å². The molecule has 0 radical (unpaired) electrons. The fraction of sp³-hybridized carbons (Fsp3) is 0.333. The molecule has 1 aromatic heterocycles. The van der Waals surface area contributed by atoms with Crippen molar-refractivity contribution in [2.24, 2.45) is 0 Å². The lowest BCUT2D eigenvalue weighted by Gasteiger charge is -2.34. The Balaban J connectivity index is 1.76. The predicted molar refractivity (Wildman–Crippen MR) is 75.2 cm³/mol. The number of aromatic carboxylic acids is 1. The average molecular weight is 354 g/mol. The van der Waals surface area contributed by atoms with Crippen LogP contribution in [0.15, 0.2) is 24.4 Å². The van der Waals surface area contributed by atoms with Gasteiger partial charge >= 0.3 is 6.18 Å². The van der Waals surface area contributed by atoms with Gasteiger partial charge in [0.2, 0.25) is 6.79 Å². The van der Waals surface area contributed by atoms with Crippen molar-refractivity contribution in [2.45, 2.75) is 24.7 Å². The number of carboxylic acid groups (broad SMARTS) is 1. The molecule has 25 heavy (non-hydrogen) atoms. The van der Waals surface area contributed by atoms with Gasteiger partial charge in [0.05, 0.1) is 23.8 Å². The molecule has 2 aliphatic rings. The summed E-state index contributed by atoms with van der Waals surface area (Å²) in [7, 11) is 0. The Morgan fingerprint density at radius 2 is 2.08 bits per heavy atom. The third-order valence-electron chi connectivity index (χ3n) is 4.26. The van der Waals surface area contributed by atoms with Crippen LogP contribution in [-0.4, -0.2) is 28.7 Å². The standard InChI is InChI=1S/C15H12F3N3O4/c16-15(17,18)12-4-9(7-1-2-10-11(3-7)25-6-24-10)20-13-8(14(22)23)5-19-21(12)13/h1-3,5,9,12,20H,4,6H2,(H,22,23)/p-1. The number of hydrogen-bond acceptors (Lipinski definition) is 6. The van der Waals surface area contributed by atoms with Crippen molar-refractivity contribution in [2.75, 3.05) is 12.1 Å². The van der Waals surface area contributed by atoms with Crippen LogP contribution in [0.5, 0.6) is 11.5 Å². The number of rotatable bonds is 2. The summed E-state index contributed by atoms with van der Waals surface area (Å²) in [4.78, 5) is 11.2. The molecule has 132 valence electrons. The van der Waals surface area contributed by atoms with Gasteiger partial charge < -0.3 is 24.7 Å². The highest BCUT2D eigenvalue weighted by atomic mass is 19.4. The van der Waals surface area contributed by atoms with Gasteiger partial charge in [0, 0.05) is 6.42 Å². The molecular formula is C15H11F3N3O4-. The summed E-state index contributed by atoms with van der Waals surface area (Å²) in [6.45, 7) is 0.0453. The number of hydrogen-bond donors (Lipinski definition) is 1. The van der Waals surface area contributed by atoms with E-state index in [1.807, 2.05) is 0 Å². The van der Waals surface area contributed by atoms with Crippen LogP contribution in [0.3, 0.4) is 0 Å². The van der Waals surface area contributed by atoms with Gasteiger partial charge in [-0.15, -0.1) is 0 Å². The zero-order valence-corrected chi connectivity index (χ0v) is 12.5. The first-order chi connectivity index (χ1) is 11.8. The van der Waals surface area contributed by atoms with E-state index in [1.54, 1.807) is 18.2 Å². The van der Waals surface area contributed by atoms with E-state index < -0.39 is 29.8 Å². The number of carbonyl (C=O) groups is 1. The van der Waals surface area contributed by atoms with Crippen LogP contribution in [0.25, 0.3) is 0 Å². The first-order valence-corrected chi connectivity index (χ1v) is 7.36. The van der Waals surface area contributed by atoms with E-state index in [0.717, 1.165) is 6.20 Å². The summed E-state index contributed by atoms with van der Waals surface area (Å²) in [5, 5.41) is 17.6. The molecule has 1 N–H and O–H groups in total. The third kappa shape index (κ3) is 2.53. The van der Waals surface area contributed by atoms with Gasteiger partial charge in [-0.05, 0) is 17.7 Å². The van der Waals surface area contributed by atoms with Gasteiger partial charge in [0.25, 0.3) is 0 Å². The minimum absolute atomic E-state index is 0.0453. The molecule has 2 aliphatic heterocycles. The molecular weight excluding hydrogens is 343 g/mol. The third-order valence-corrected chi connectivity index (χ3v) is 4.26. The maximum atomic E-state index is 13.4. The first-order valence-electron chi connectivity index (χ1n) is 7.36. The molecule has 10 heteroatoms. The van der Waals surface area contributed by atoms with Crippen LogP contribution >= 0.6 is 0 Å². The summed E-state index contributed by atoms with van der Waals surface area (Å²) in [6, 6.07) is 2.07. The second-order valence-electron chi connectivity index (χ2n) is 5.74. The predicted octanol–water partition coefficient (Wildman–Crippen LogP) is 1.64. The molecule has 3 heterocycles. The Morgan fingerprint density at radius 3 is 2.80 bits per heavy atom. The summed E-state index contributed by atoms with van der Waals surface area (Å²) in [5.74, 6) is -0.883. The number of carbonyl (C=O) groups excluding carboxylic acids is 1. The maximum absolute atomic E-state index is 13.4. The van der Waals surface area contributed by atoms with E-state index in [2.05, 4.69) is 10.4 Å². The topological polar surface area (TPSA) is 88.4 Å². The Kier molecular flexibility index (Phi) is 3.31. The average Bonchev–Trinajstić information content (AvgIpc) is 3.18. The number of benzene rings is 1. The van der Waals surface area contributed by atoms with Crippen LogP contribution in [0.1, 0.15) is 34.4 Å². The van der Waals surface area contributed by atoms with E-state index in [-0.39, 0.29) is 19.0 Å². The number of fused-ring (bicyclic) bond motifs is 2. The number of alkyl halides is 3. The van der Waals surface area contributed by atoms with Crippen LogP contribution in [0.4, 0.5) is 19.0 Å². The molecule has 2 aromatic rings. The van der Waals surface area contributed by atoms with Gasteiger partial charge in [-0.2, -0.15) is 18.3 Å². The number of nitrogens with zero attached hydrogens (tertiary/aromatic N) is 2. The molecule has 0 saturated heterocycles. The highest BCUT2D eigenvalue weighted by molar-refractivity contribution is 5.91. The minimum atomic E-state index is -4.58. The fourth-order valence-corrected chi connectivity index (χ4v) is 3.06. The number of ether oxygens (including phenoxy) is 2. The van der Waals surface area contributed by atoms with Crippen molar-refractivity contribution in [3.63, 3.8) is 0 Å². The van der Waals surface area contributed by atoms with Gasteiger partial charge in [-0.25, -0.2) is 4.68 Å². The van der Waals surface area contributed by atoms with Crippen molar-refractivity contribution >= 4 is 11.8 Å². The quantitative estimate of drug-likeness (QED) is 0.882. The number of aromatic nitrogens is 2. The zero-order chi connectivity index (χ0) is 17.8. The molecule has 2 unspecified atom stereocenters. The molecule has 0 bridgehead atoms. The summed E-state index contributed by atoms with van der Waals surface area (Å²) in [6.07, 6.45) is -4.07. The van der Waals surface area contributed by atoms with Gasteiger partial charge in [0.1, 0.15) is 5.82 Å². The lowest BCUT2D eigenvalue weighted by atomic mass is 9.96. The molecule has 0 aliphatic carbocycles. The monoisotopic (exact) mass is 354 g/mol. The summed E-state index contributed by atoms with van der Waals surface area (Å²) >= 11 is 0. The SMILES string of the molecule is O=C([O-])c1cnn2c1NC(c1ccc3c(c1)OCO3)CC2C(F)(F)F. The molecule has 2 atom stereocenters. The Bertz CT molecular complexity index is 849. The normalized spacial score (nSPS) is 21.6. The first kappa shape index (κ1) is 15.6. The minimum Gasteiger partial charge on any atom is -0.545 e. The van der Waals surface area contributed by atoms with Gasteiger partial charge in [-0.3, -0.25) is 0 Å². The van der Waals surface area contributed by atoms with Crippen LogP contribution < -0.4 is 19.9 Å². The van der Waals surface area contributed by atoms with E-state index in [1.165, 1.54) is 0 Å². The van der Waals surface area contributed by atoms with E-state index in [4.69, 9.17) is 9.47 Å². The van der Waals surface area contributed by atoms with Gasteiger partial charge in [0.15, 0.2) is 17.5 Å². The Morgan fingerprint density at radius 1 is 1.32 bits per heavy atom. The molecule has 0 fully saturated rings. The van der Waals surface area contributed by atoms with E-state index in [0.29, 0.717) is 21.7 Å².